The number of carbonyl (C=O) groups is 1. The number of para-hydroxylation sites is 1. The number of rotatable bonds is 4. The van der Waals surface area contributed by atoms with E-state index in [1.54, 1.807) is 6.07 Å². The first-order valence-corrected chi connectivity index (χ1v) is 5.09. The molecule has 0 spiro atoms. The summed E-state index contributed by atoms with van der Waals surface area (Å²) in [6, 6.07) is 4.52. The number of benzene rings is 1. The molecule has 7 heteroatoms. The van der Waals surface area contributed by atoms with Crippen LogP contribution < -0.4 is 4.74 Å². The molecule has 0 unspecified atom stereocenters. The number of carbonyl (C=O) groups excluding carboxylic acids is 1. The lowest BCUT2D eigenvalue weighted by molar-refractivity contribution is -0.0664. The maximum absolute atomic E-state index is 12.0. The van der Waals surface area contributed by atoms with E-state index in [-0.39, 0.29) is 28.3 Å². The lowest BCUT2D eigenvalue weighted by Gasteiger charge is -1.95. The van der Waals surface area contributed by atoms with Gasteiger partial charge in [-0.05, 0) is 12.1 Å². The summed E-state index contributed by atoms with van der Waals surface area (Å²) in [7, 11) is 0. The van der Waals surface area contributed by atoms with E-state index in [1.807, 2.05) is 0 Å². The molecule has 0 amide bonds. The average molecular weight is 262 g/mol. The first kappa shape index (κ1) is 11.8. The molecule has 0 radical (unpaired) electrons. The molecule has 0 aliphatic carbocycles. The monoisotopic (exact) mass is 261 g/mol. The van der Waals surface area contributed by atoms with Crippen molar-refractivity contribution >= 4 is 28.5 Å². The summed E-state index contributed by atoms with van der Waals surface area (Å²) in [5.74, 6) is -0.592. The average Bonchev–Trinajstić information content (AvgIpc) is 2.68. The van der Waals surface area contributed by atoms with E-state index < -0.39 is 12.7 Å². The minimum absolute atomic E-state index is 0.161. The van der Waals surface area contributed by atoms with Crippen LogP contribution in [0, 0.1) is 0 Å². The molecule has 0 saturated carbocycles. The summed E-state index contributed by atoms with van der Waals surface area (Å²) in [6.45, 7) is -3.03. The molecule has 2 aromatic rings. The van der Waals surface area contributed by atoms with Crippen LogP contribution in [0.1, 0.15) is 10.4 Å². The van der Waals surface area contributed by atoms with Crippen molar-refractivity contribution in [3.63, 3.8) is 0 Å². The minimum Gasteiger partial charge on any atom is -0.409 e. The Bertz CT molecular complexity index is 555. The Morgan fingerprint density at radius 3 is 2.94 bits per heavy atom. The summed E-state index contributed by atoms with van der Waals surface area (Å²) < 4.78 is 32.8. The van der Waals surface area contributed by atoms with Gasteiger partial charge in [0.2, 0.25) is 0 Å². The fourth-order valence-electron chi connectivity index (χ4n) is 1.35. The lowest BCUT2D eigenvalue weighted by Crippen LogP contribution is -2.02. The van der Waals surface area contributed by atoms with Gasteiger partial charge in [-0.2, -0.15) is 13.8 Å². The zero-order valence-corrected chi connectivity index (χ0v) is 9.08. The van der Waals surface area contributed by atoms with Crippen LogP contribution in [0.2, 0.25) is 0 Å². The van der Waals surface area contributed by atoms with Crippen LogP contribution in [0.15, 0.2) is 22.6 Å². The van der Waals surface area contributed by atoms with Gasteiger partial charge in [-0.25, -0.2) is 0 Å². The van der Waals surface area contributed by atoms with Crippen LogP contribution in [0.4, 0.5) is 8.78 Å². The van der Waals surface area contributed by atoms with E-state index in [0.29, 0.717) is 0 Å². The van der Waals surface area contributed by atoms with Gasteiger partial charge in [-0.15, -0.1) is 11.6 Å². The highest BCUT2D eigenvalue weighted by atomic mass is 35.5. The normalized spacial score (nSPS) is 11.1. The molecule has 0 N–H and O–H groups in total. The van der Waals surface area contributed by atoms with Crippen molar-refractivity contribution in [2.45, 2.75) is 6.61 Å². The Kier molecular flexibility index (Phi) is 3.23. The second-order valence-corrected chi connectivity index (χ2v) is 3.33. The molecule has 1 aromatic heterocycles. The fraction of sp³-hybridized carbons (Fsp3) is 0.200. The molecule has 0 saturated heterocycles. The first-order valence-electron chi connectivity index (χ1n) is 4.55. The van der Waals surface area contributed by atoms with Gasteiger partial charge in [-0.1, -0.05) is 6.07 Å². The van der Waals surface area contributed by atoms with Crippen LogP contribution in [0.5, 0.6) is 6.08 Å². The predicted octanol–water partition coefficient (Wildman–Crippen LogP) is 2.85. The molecule has 1 heterocycles. The van der Waals surface area contributed by atoms with Crippen LogP contribution in [0.25, 0.3) is 11.1 Å². The molecular formula is C10H6ClF2NO3. The Morgan fingerprint density at radius 1 is 1.53 bits per heavy atom. The number of hydrogen-bond donors (Lipinski definition) is 0. The van der Waals surface area contributed by atoms with Crippen LogP contribution in [-0.4, -0.2) is 23.3 Å². The number of oxazole rings is 1. The number of ether oxygens (including phenoxy) is 1. The minimum atomic E-state index is -3.03. The molecule has 90 valence electrons. The number of halogens is 3. The third-order valence-corrected chi connectivity index (χ3v) is 2.25. The van der Waals surface area contributed by atoms with E-state index in [0.717, 1.165) is 0 Å². The van der Waals surface area contributed by atoms with E-state index >= 15 is 0 Å². The van der Waals surface area contributed by atoms with Gasteiger partial charge in [0.05, 0.1) is 5.88 Å². The van der Waals surface area contributed by atoms with Crippen molar-refractivity contribution in [1.82, 2.24) is 4.98 Å². The molecule has 0 bridgehead atoms. The van der Waals surface area contributed by atoms with Crippen molar-refractivity contribution in [2.24, 2.45) is 0 Å². The number of aromatic nitrogens is 1. The quantitative estimate of drug-likeness (QED) is 0.627. The van der Waals surface area contributed by atoms with E-state index in [4.69, 9.17) is 16.0 Å². The zero-order chi connectivity index (χ0) is 12.4. The number of nitrogens with zero attached hydrogens (tertiary/aromatic N) is 1. The van der Waals surface area contributed by atoms with Crippen molar-refractivity contribution in [2.75, 3.05) is 5.88 Å². The Morgan fingerprint density at radius 2 is 2.29 bits per heavy atom. The maximum atomic E-state index is 12.0. The van der Waals surface area contributed by atoms with E-state index in [2.05, 4.69) is 9.72 Å². The third kappa shape index (κ3) is 2.36. The van der Waals surface area contributed by atoms with E-state index in [1.165, 1.54) is 12.1 Å². The highest BCUT2D eigenvalue weighted by molar-refractivity contribution is 6.31. The SMILES string of the molecule is O=C(CCl)c1cccc2oc(OC(F)F)nc12. The second kappa shape index (κ2) is 4.67. The smallest absolute Gasteiger partial charge is 0.399 e. The van der Waals surface area contributed by atoms with Crippen molar-refractivity contribution in [3.05, 3.63) is 23.8 Å². The summed E-state index contributed by atoms with van der Waals surface area (Å²) in [4.78, 5) is 15.1. The van der Waals surface area contributed by atoms with Gasteiger partial charge in [-0.3, -0.25) is 4.79 Å². The van der Waals surface area contributed by atoms with Crippen LogP contribution in [0.3, 0.4) is 0 Å². The highest BCUT2D eigenvalue weighted by Gasteiger charge is 2.17. The van der Waals surface area contributed by atoms with E-state index in [9.17, 15) is 13.6 Å². The molecule has 4 nitrogen and oxygen atoms in total. The summed E-state index contributed by atoms with van der Waals surface area (Å²) in [5.41, 5.74) is 0.566. The molecule has 17 heavy (non-hydrogen) atoms. The van der Waals surface area contributed by atoms with Crippen molar-refractivity contribution in [1.29, 1.82) is 0 Å². The summed E-state index contributed by atoms with van der Waals surface area (Å²) in [5, 5.41) is 0. The topological polar surface area (TPSA) is 52.3 Å². The van der Waals surface area contributed by atoms with Gasteiger partial charge in [0, 0.05) is 5.56 Å². The number of alkyl halides is 3. The fourth-order valence-corrected chi connectivity index (χ4v) is 1.50. The molecule has 2 rings (SSSR count). The highest BCUT2D eigenvalue weighted by Crippen LogP contribution is 2.25. The second-order valence-electron chi connectivity index (χ2n) is 3.07. The van der Waals surface area contributed by atoms with Gasteiger partial charge >= 0.3 is 12.7 Å². The van der Waals surface area contributed by atoms with Crippen molar-refractivity contribution in [3.8, 4) is 6.08 Å². The summed E-state index contributed by atoms with van der Waals surface area (Å²) >= 11 is 5.42. The number of fused-ring (bicyclic) bond motifs is 1. The van der Waals surface area contributed by atoms with Crippen LogP contribution >= 0.6 is 11.6 Å². The molecular weight excluding hydrogens is 256 g/mol. The Hall–Kier alpha value is -1.69. The number of ketones is 1. The standard InChI is InChI=1S/C10H6ClF2NO3/c11-4-6(15)5-2-1-3-7-8(5)14-10(16-7)17-9(12)13/h1-3,9H,4H2. The molecule has 1 aromatic carbocycles. The van der Waals surface area contributed by atoms with Crippen molar-refractivity contribution < 1.29 is 22.7 Å². The molecule has 0 aliphatic heterocycles. The van der Waals surface area contributed by atoms with Crippen LogP contribution in [-0.2, 0) is 0 Å². The first-order chi connectivity index (χ1) is 8.11. The Balaban J connectivity index is 2.49. The summed E-state index contributed by atoms with van der Waals surface area (Å²) in [6.07, 6.45) is -0.579. The maximum Gasteiger partial charge on any atom is 0.399 e. The molecule has 0 fully saturated rings. The van der Waals surface area contributed by atoms with Gasteiger partial charge in [0.1, 0.15) is 5.52 Å². The largest absolute Gasteiger partial charge is 0.409 e. The Labute approximate surface area is 99.1 Å². The number of hydrogen-bond acceptors (Lipinski definition) is 4. The third-order valence-electron chi connectivity index (χ3n) is 2.01. The zero-order valence-electron chi connectivity index (χ0n) is 8.32. The molecule has 0 aliphatic rings. The predicted molar refractivity (Wildman–Crippen MR) is 55.7 cm³/mol. The number of Topliss-reactive ketones (excluding diaryl/α,β-unsaturated/α-hetero) is 1. The van der Waals surface area contributed by atoms with Gasteiger partial charge < -0.3 is 9.15 Å². The lowest BCUT2D eigenvalue weighted by atomic mass is 10.1. The van der Waals surface area contributed by atoms with Gasteiger partial charge in [0.25, 0.3) is 0 Å². The molecule has 0 atom stereocenters. The van der Waals surface area contributed by atoms with Gasteiger partial charge in [0.15, 0.2) is 11.4 Å².